The molecule has 1 N–H and O–H groups in total. The van der Waals surface area contributed by atoms with Gasteiger partial charge in [-0.15, -0.1) is 0 Å². The quantitative estimate of drug-likeness (QED) is 0.827. The molecule has 1 heteroatoms. The van der Waals surface area contributed by atoms with Crippen molar-refractivity contribution in [3.05, 3.63) is 35.4 Å². The fourth-order valence-corrected chi connectivity index (χ4v) is 3.61. The topological polar surface area (TPSA) is 12.0 Å². The predicted molar refractivity (Wildman–Crippen MR) is 88.0 cm³/mol. The Morgan fingerprint density at radius 2 is 2.00 bits per heavy atom. The number of aryl methyl sites for hydroxylation is 1. The fourth-order valence-electron chi connectivity index (χ4n) is 3.61. The van der Waals surface area contributed by atoms with Crippen LogP contribution < -0.4 is 5.32 Å². The largest absolute Gasteiger partial charge is 0.314 e. The standard InChI is InChI=1S/C19H31N/c1-14(2)20-13-18-9-8-16(4)11-19(18)12-17-7-5-6-15(3)10-17/h5-7,10,14,16,18-20H,8-9,11-13H2,1-4H3. The molecule has 3 atom stereocenters. The molecule has 1 aromatic carbocycles. The molecule has 1 aromatic rings. The molecule has 1 nitrogen and oxygen atoms in total. The lowest BCUT2D eigenvalue weighted by Crippen LogP contribution is -2.36. The van der Waals surface area contributed by atoms with E-state index in [1.54, 1.807) is 0 Å². The van der Waals surface area contributed by atoms with Crippen LogP contribution in [0.2, 0.25) is 0 Å². The van der Waals surface area contributed by atoms with Crippen LogP contribution in [0.1, 0.15) is 51.2 Å². The minimum atomic E-state index is 0.606. The summed E-state index contributed by atoms with van der Waals surface area (Å²) in [6.07, 6.45) is 5.47. The Morgan fingerprint density at radius 1 is 1.20 bits per heavy atom. The van der Waals surface area contributed by atoms with Gasteiger partial charge in [0.2, 0.25) is 0 Å². The van der Waals surface area contributed by atoms with E-state index in [1.807, 2.05) is 0 Å². The van der Waals surface area contributed by atoms with E-state index in [0.29, 0.717) is 6.04 Å². The Kier molecular flexibility index (Phi) is 5.65. The first kappa shape index (κ1) is 15.6. The van der Waals surface area contributed by atoms with Crippen molar-refractivity contribution in [3.63, 3.8) is 0 Å². The van der Waals surface area contributed by atoms with E-state index < -0.39 is 0 Å². The van der Waals surface area contributed by atoms with E-state index in [9.17, 15) is 0 Å². The summed E-state index contributed by atoms with van der Waals surface area (Å²) in [5, 5.41) is 3.66. The van der Waals surface area contributed by atoms with Crippen LogP contribution >= 0.6 is 0 Å². The van der Waals surface area contributed by atoms with E-state index in [-0.39, 0.29) is 0 Å². The second-order valence-electron chi connectivity index (χ2n) is 7.19. The summed E-state index contributed by atoms with van der Waals surface area (Å²) >= 11 is 0. The zero-order valence-corrected chi connectivity index (χ0v) is 13.7. The third kappa shape index (κ3) is 4.63. The molecular weight excluding hydrogens is 242 g/mol. The van der Waals surface area contributed by atoms with Crippen LogP contribution in [0.25, 0.3) is 0 Å². The van der Waals surface area contributed by atoms with Crippen LogP contribution in [0.4, 0.5) is 0 Å². The van der Waals surface area contributed by atoms with Crippen LogP contribution in [0.15, 0.2) is 24.3 Å². The van der Waals surface area contributed by atoms with Crippen LogP contribution in [0.5, 0.6) is 0 Å². The Labute approximate surface area is 125 Å². The van der Waals surface area contributed by atoms with Crippen molar-refractivity contribution in [1.29, 1.82) is 0 Å². The molecule has 0 saturated heterocycles. The zero-order chi connectivity index (χ0) is 14.5. The monoisotopic (exact) mass is 273 g/mol. The van der Waals surface area contributed by atoms with Gasteiger partial charge in [0.1, 0.15) is 0 Å². The molecule has 0 aliphatic heterocycles. The lowest BCUT2D eigenvalue weighted by molar-refractivity contribution is 0.181. The van der Waals surface area contributed by atoms with Crippen LogP contribution in [-0.4, -0.2) is 12.6 Å². The minimum Gasteiger partial charge on any atom is -0.314 e. The molecular formula is C19H31N. The van der Waals surface area contributed by atoms with E-state index in [0.717, 1.165) is 17.8 Å². The van der Waals surface area contributed by atoms with E-state index in [4.69, 9.17) is 0 Å². The van der Waals surface area contributed by atoms with Crippen LogP contribution in [0.3, 0.4) is 0 Å². The number of rotatable bonds is 5. The molecule has 1 aliphatic carbocycles. The third-order valence-corrected chi connectivity index (χ3v) is 4.77. The summed E-state index contributed by atoms with van der Waals surface area (Å²) in [5.74, 6) is 2.61. The molecule has 0 spiro atoms. The molecule has 0 amide bonds. The smallest absolute Gasteiger partial charge is 0.00104 e. The second-order valence-corrected chi connectivity index (χ2v) is 7.19. The van der Waals surface area contributed by atoms with Gasteiger partial charge < -0.3 is 5.32 Å². The number of hydrogen-bond acceptors (Lipinski definition) is 1. The van der Waals surface area contributed by atoms with Crippen molar-refractivity contribution >= 4 is 0 Å². The highest BCUT2D eigenvalue weighted by Crippen LogP contribution is 2.35. The highest BCUT2D eigenvalue weighted by atomic mass is 14.9. The highest BCUT2D eigenvalue weighted by Gasteiger charge is 2.28. The van der Waals surface area contributed by atoms with Gasteiger partial charge in [-0.2, -0.15) is 0 Å². The van der Waals surface area contributed by atoms with Crippen molar-refractivity contribution in [3.8, 4) is 0 Å². The lowest BCUT2D eigenvalue weighted by Gasteiger charge is -2.36. The first-order valence-electron chi connectivity index (χ1n) is 8.33. The maximum absolute atomic E-state index is 3.66. The molecule has 20 heavy (non-hydrogen) atoms. The molecule has 1 fully saturated rings. The van der Waals surface area contributed by atoms with Gasteiger partial charge in [-0.25, -0.2) is 0 Å². The van der Waals surface area contributed by atoms with Gasteiger partial charge in [-0.1, -0.05) is 57.0 Å². The van der Waals surface area contributed by atoms with Crippen molar-refractivity contribution in [2.75, 3.05) is 6.54 Å². The van der Waals surface area contributed by atoms with Gasteiger partial charge in [0, 0.05) is 6.04 Å². The molecule has 2 rings (SSSR count). The molecule has 1 aliphatic rings. The van der Waals surface area contributed by atoms with Crippen molar-refractivity contribution in [2.24, 2.45) is 17.8 Å². The SMILES string of the molecule is Cc1cccc(CC2CC(C)CCC2CNC(C)C)c1. The summed E-state index contributed by atoms with van der Waals surface area (Å²) in [5.41, 5.74) is 2.92. The van der Waals surface area contributed by atoms with Gasteiger partial charge in [-0.05, 0) is 56.0 Å². The Bertz CT molecular complexity index is 410. The molecule has 0 aromatic heterocycles. The first-order valence-corrected chi connectivity index (χ1v) is 8.33. The second kappa shape index (κ2) is 7.26. The average molecular weight is 273 g/mol. The van der Waals surface area contributed by atoms with Gasteiger partial charge in [0.15, 0.2) is 0 Å². The van der Waals surface area contributed by atoms with Gasteiger partial charge in [0.25, 0.3) is 0 Å². The van der Waals surface area contributed by atoms with Crippen molar-refractivity contribution in [2.45, 2.75) is 59.4 Å². The van der Waals surface area contributed by atoms with Crippen molar-refractivity contribution in [1.82, 2.24) is 5.32 Å². The van der Waals surface area contributed by atoms with E-state index in [1.165, 1.54) is 43.4 Å². The van der Waals surface area contributed by atoms with E-state index >= 15 is 0 Å². The Hall–Kier alpha value is -0.820. The molecule has 1 saturated carbocycles. The van der Waals surface area contributed by atoms with E-state index in [2.05, 4.69) is 57.3 Å². The summed E-state index contributed by atoms with van der Waals surface area (Å²) in [6.45, 7) is 10.3. The molecule has 0 bridgehead atoms. The lowest BCUT2D eigenvalue weighted by atomic mass is 9.72. The van der Waals surface area contributed by atoms with Crippen molar-refractivity contribution < 1.29 is 0 Å². The molecule has 112 valence electrons. The molecule has 0 radical (unpaired) electrons. The predicted octanol–water partition coefficient (Wildman–Crippen LogP) is 4.59. The zero-order valence-electron chi connectivity index (χ0n) is 13.7. The Morgan fingerprint density at radius 3 is 2.70 bits per heavy atom. The van der Waals surface area contributed by atoms with Gasteiger partial charge >= 0.3 is 0 Å². The summed E-state index contributed by atoms with van der Waals surface area (Å²) in [7, 11) is 0. The highest BCUT2D eigenvalue weighted by molar-refractivity contribution is 5.22. The maximum Gasteiger partial charge on any atom is 0.00104 e. The van der Waals surface area contributed by atoms with Gasteiger partial charge in [-0.3, -0.25) is 0 Å². The number of benzene rings is 1. The average Bonchev–Trinajstić information content (AvgIpc) is 2.37. The Balaban J connectivity index is 2.00. The molecule has 0 heterocycles. The normalized spacial score (nSPS) is 26.9. The molecule has 3 unspecified atom stereocenters. The van der Waals surface area contributed by atoms with Gasteiger partial charge in [0.05, 0.1) is 0 Å². The summed E-state index contributed by atoms with van der Waals surface area (Å²) < 4.78 is 0. The first-order chi connectivity index (χ1) is 9.54. The fraction of sp³-hybridized carbons (Fsp3) is 0.684. The number of nitrogens with one attached hydrogen (secondary N) is 1. The summed E-state index contributed by atoms with van der Waals surface area (Å²) in [6, 6.07) is 9.68. The van der Waals surface area contributed by atoms with Crippen LogP contribution in [-0.2, 0) is 6.42 Å². The summed E-state index contributed by atoms with van der Waals surface area (Å²) in [4.78, 5) is 0. The minimum absolute atomic E-state index is 0.606. The third-order valence-electron chi connectivity index (χ3n) is 4.77. The maximum atomic E-state index is 3.66. The number of hydrogen-bond donors (Lipinski definition) is 1. The van der Waals surface area contributed by atoms with Crippen LogP contribution in [0, 0.1) is 24.7 Å².